The van der Waals surface area contributed by atoms with Crippen LogP contribution in [-0.2, 0) is 14.6 Å². The van der Waals surface area contributed by atoms with Gasteiger partial charge in [0.2, 0.25) is 5.91 Å². The van der Waals surface area contributed by atoms with E-state index in [1.54, 1.807) is 0 Å². The summed E-state index contributed by atoms with van der Waals surface area (Å²) in [5.74, 6) is 0.382. The first-order valence-corrected chi connectivity index (χ1v) is 9.37. The Hall–Kier alpha value is -0.620. The van der Waals surface area contributed by atoms with Crippen LogP contribution in [0, 0.1) is 5.41 Å². The molecular weight excluding hydrogens is 276 g/mol. The summed E-state index contributed by atoms with van der Waals surface area (Å²) in [6, 6.07) is -0.208. The lowest BCUT2D eigenvalue weighted by Crippen LogP contribution is -2.49. The lowest BCUT2D eigenvalue weighted by Gasteiger charge is -2.39. The van der Waals surface area contributed by atoms with Gasteiger partial charge in [-0.3, -0.25) is 4.79 Å². The van der Waals surface area contributed by atoms with E-state index in [4.69, 9.17) is 0 Å². The fraction of sp³-hybridized carbons (Fsp3) is 0.929. The van der Waals surface area contributed by atoms with Crippen molar-refractivity contribution in [3.8, 4) is 0 Å². The van der Waals surface area contributed by atoms with Crippen LogP contribution in [0.15, 0.2) is 0 Å². The average Bonchev–Trinajstić information content (AvgIpc) is 2.38. The Morgan fingerprint density at radius 2 is 2.00 bits per heavy atom. The average molecular weight is 302 g/mol. The van der Waals surface area contributed by atoms with Crippen LogP contribution in [0.3, 0.4) is 0 Å². The van der Waals surface area contributed by atoms with Gasteiger partial charge >= 0.3 is 0 Å². The highest BCUT2D eigenvalue weighted by Gasteiger charge is 2.32. The number of sulfone groups is 1. The van der Waals surface area contributed by atoms with E-state index in [9.17, 15) is 13.2 Å². The number of hydrogen-bond donors (Lipinski definition) is 1. The molecule has 0 radical (unpaired) electrons. The fourth-order valence-electron chi connectivity index (χ4n) is 2.99. The second-order valence-electron chi connectivity index (χ2n) is 6.51. The Bertz CT molecular complexity index is 453. The van der Waals surface area contributed by atoms with Crippen LogP contribution in [0.5, 0.6) is 0 Å². The van der Waals surface area contributed by atoms with Gasteiger partial charge in [-0.2, -0.15) is 0 Å². The van der Waals surface area contributed by atoms with Gasteiger partial charge < -0.3 is 10.2 Å². The molecule has 1 atom stereocenters. The number of carbonyl (C=O) groups excluding carboxylic acids is 1. The molecule has 116 valence electrons. The number of likely N-dealkylation sites (tertiary alicyclic amines) is 1. The Kier molecular flexibility index (Phi) is 4.74. The molecule has 0 aliphatic carbocycles. The third-order valence-electron chi connectivity index (χ3n) is 4.90. The second-order valence-corrected chi connectivity index (χ2v) is 8.74. The Morgan fingerprint density at radius 3 is 2.55 bits per heavy atom. The first-order chi connectivity index (χ1) is 9.34. The van der Waals surface area contributed by atoms with E-state index in [-0.39, 0.29) is 23.5 Å². The summed E-state index contributed by atoms with van der Waals surface area (Å²) in [5, 5.41) is 3.15. The minimum absolute atomic E-state index is 0.0951. The fourth-order valence-corrected chi connectivity index (χ4v) is 4.43. The minimum Gasteiger partial charge on any atom is -0.343 e. The van der Waals surface area contributed by atoms with E-state index in [1.165, 1.54) is 0 Å². The molecule has 2 rings (SSSR count). The summed E-state index contributed by atoms with van der Waals surface area (Å²) >= 11 is 0. The molecule has 0 aromatic rings. The predicted molar refractivity (Wildman–Crippen MR) is 79.3 cm³/mol. The zero-order valence-corrected chi connectivity index (χ0v) is 13.3. The van der Waals surface area contributed by atoms with Crippen LogP contribution in [0.25, 0.3) is 0 Å². The van der Waals surface area contributed by atoms with E-state index in [0.29, 0.717) is 18.4 Å². The highest BCUT2D eigenvalue weighted by molar-refractivity contribution is 7.91. The third kappa shape index (κ3) is 3.95. The summed E-state index contributed by atoms with van der Waals surface area (Å²) in [5.41, 5.74) is 0.364. The number of nitrogens with one attached hydrogen (secondary N) is 1. The van der Waals surface area contributed by atoms with Crippen LogP contribution < -0.4 is 5.32 Å². The molecule has 1 unspecified atom stereocenters. The number of hydrogen-bond acceptors (Lipinski definition) is 4. The molecular formula is C14H26N2O3S. The topological polar surface area (TPSA) is 66.5 Å². The summed E-state index contributed by atoms with van der Waals surface area (Å²) in [6.07, 6.45) is 3.55. The zero-order valence-electron chi connectivity index (χ0n) is 12.5. The largest absolute Gasteiger partial charge is 0.343 e. The highest BCUT2D eigenvalue weighted by Crippen LogP contribution is 2.34. The van der Waals surface area contributed by atoms with E-state index in [1.807, 2.05) is 4.90 Å². The minimum atomic E-state index is -2.96. The summed E-state index contributed by atoms with van der Waals surface area (Å²) in [4.78, 5) is 14.2. The maximum Gasteiger partial charge on any atom is 0.224 e. The van der Waals surface area contributed by atoms with Crippen LogP contribution in [0.2, 0.25) is 0 Å². The predicted octanol–water partition coefficient (Wildman–Crippen LogP) is 0.802. The maximum absolute atomic E-state index is 12.3. The number of carbonyl (C=O) groups is 1. The quantitative estimate of drug-likeness (QED) is 0.837. The number of amides is 1. The maximum atomic E-state index is 12.3. The van der Waals surface area contributed by atoms with Crippen LogP contribution in [-0.4, -0.2) is 56.4 Å². The van der Waals surface area contributed by atoms with Crippen molar-refractivity contribution >= 4 is 15.7 Å². The van der Waals surface area contributed by atoms with Crippen molar-refractivity contribution in [2.45, 2.75) is 45.6 Å². The van der Waals surface area contributed by atoms with Gasteiger partial charge in [-0.1, -0.05) is 20.3 Å². The van der Waals surface area contributed by atoms with Gasteiger partial charge in [-0.15, -0.1) is 0 Å². The molecule has 0 spiro atoms. The second kappa shape index (κ2) is 6.02. The summed E-state index contributed by atoms with van der Waals surface area (Å²) in [6.45, 7) is 6.57. The molecule has 1 N–H and O–H groups in total. The molecule has 5 nitrogen and oxygen atoms in total. The van der Waals surface area contributed by atoms with Gasteiger partial charge in [0, 0.05) is 32.1 Å². The van der Waals surface area contributed by atoms with E-state index >= 15 is 0 Å². The van der Waals surface area contributed by atoms with E-state index in [0.717, 1.165) is 32.4 Å². The monoisotopic (exact) mass is 302 g/mol. The Labute approximate surface area is 122 Å². The zero-order chi connectivity index (χ0) is 14.8. The molecule has 0 saturated carbocycles. The van der Waals surface area contributed by atoms with Crippen molar-refractivity contribution in [3.05, 3.63) is 0 Å². The van der Waals surface area contributed by atoms with Crippen molar-refractivity contribution in [2.75, 3.05) is 31.1 Å². The highest BCUT2D eigenvalue weighted by atomic mass is 32.2. The Morgan fingerprint density at radius 1 is 1.35 bits per heavy atom. The summed E-state index contributed by atoms with van der Waals surface area (Å²) < 4.78 is 23.2. The van der Waals surface area contributed by atoms with Crippen molar-refractivity contribution in [1.29, 1.82) is 0 Å². The molecule has 2 heterocycles. The first kappa shape index (κ1) is 15.8. The molecule has 0 aromatic carbocycles. The molecule has 0 aromatic heterocycles. The van der Waals surface area contributed by atoms with E-state index < -0.39 is 9.84 Å². The third-order valence-corrected chi connectivity index (χ3v) is 6.64. The van der Waals surface area contributed by atoms with Gasteiger partial charge in [0.15, 0.2) is 9.84 Å². The molecule has 0 bridgehead atoms. The SMILES string of the molecule is CCC1(C)CCN(C(=O)CC2CS(=O)(=O)CCN2)CC1. The molecule has 1 amide bonds. The number of piperidine rings is 1. The van der Waals surface area contributed by atoms with Crippen LogP contribution >= 0.6 is 0 Å². The van der Waals surface area contributed by atoms with Crippen molar-refractivity contribution in [1.82, 2.24) is 10.2 Å². The van der Waals surface area contributed by atoms with Crippen LogP contribution in [0.1, 0.15) is 39.5 Å². The van der Waals surface area contributed by atoms with Crippen molar-refractivity contribution in [2.24, 2.45) is 5.41 Å². The number of nitrogens with zero attached hydrogens (tertiary/aromatic N) is 1. The number of rotatable bonds is 3. The lowest BCUT2D eigenvalue weighted by molar-refractivity contribution is -0.133. The van der Waals surface area contributed by atoms with Gasteiger partial charge in [0.05, 0.1) is 11.5 Å². The van der Waals surface area contributed by atoms with Gasteiger partial charge in [0.1, 0.15) is 0 Å². The summed E-state index contributed by atoms with van der Waals surface area (Å²) in [7, 11) is -2.96. The normalized spacial score (nSPS) is 29.1. The van der Waals surface area contributed by atoms with Crippen LogP contribution in [0.4, 0.5) is 0 Å². The Balaban J connectivity index is 1.84. The molecule has 2 aliphatic rings. The lowest BCUT2D eigenvalue weighted by atomic mass is 9.78. The molecule has 2 saturated heterocycles. The molecule has 2 aliphatic heterocycles. The van der Waals surface area contributed by atoms with Crippen molar-refractivity contribution in [3.63, 3.8) is 0 Å². The molecule has 2 fully saturated rings. The van der Waals surface area contributed by atoms with E-state index in [2.05, 4.69) is 19.2 Å². The van der Waals surface area contributed by atoms with Gasteiger partial charge in [-0.25, -0.2) is 8.42 Å². The standard InChI is InChI=1S/C14H26N2O3S/c1-3-14(2)4-7-16(8-5-14)13(17)10-12-11-20(18,19)9-6-15-12/h12,15H,3-11H2,1-2H3. The van der Waals surface area contributed by atoms with Gasteiger partial charge in [-0.05, 0) is 18.3 Å². The van der Waals surface area contributed by atoms with Crippen molar-refractivity contribution < 1.29 is 13.2 Å². The van der Waals surface area contributed by atoms with Gasteiger partial charge in [0.25, 0.3) is 0 Å². The molecule has 6 heteroatoms. The first-order valence-electron chi connectivity index (χ1n) is 7.55. The molecule has 20 heavy (non-hydrogen) atoms. The smallest absolute Gasteiger partial charge is 0.224 e.